The zero-order valence-electron chi connectivity index (χ0n) is 6.74. The fraction of sp³-hybridized carbons (Fsp3) is 0.600. The molecule has 0 radical (unpaired) electrons. The number of hydrogen-bond acceptors (Lipinski definition) is 3. The molecule has 5 heteroatoms. The fourth-order valence-electron chi connectivity index (χ4n) is 0.379. The molecule has 0 amide bonds. The third kappa shape index (κ3) is 8.56. The number of carboxylic acid groups (broad SMARTS) is 1. The Labute approximate surface area is 103 Å². The second-order valence-electron chi connectivity index (χ2n) is 1.61. The fourth-order valence-corrected chi connectivity index (χ4v) is 0.379. The molecule has 52 valence electrons. The Morgan fingerprint density at radius 1 is 1.80 bits per heavy atom. The molecule has 0 saturated carbocycles. The van der Waals surface area contributed by atoms with Crippen LogP contribution in [0.3, 0.4) is 0 Å². The van der Waals surface area contributed by atoms with E-state index in [2.05, 4.69) is 0 Å². The van der Waals surface area contributed by atoms with Gasteiger partial charge < -0.3 is 11.6 Å². The monoisotopic (exact) mass is 169 g/mol. The minimum Gasteiger partial charge on any atom is -1.00 e. The van der Waals surface area contributed by atoms with Gasteiger partial charge in [-0.15, -0.1) is 0 Å². The molecule has 0 aliphatic rings. The van der Waals surface area contributed by atoms with Gasteiger partial charge >= 0.3 is 57.4 Å². The molecule has 0 aromatic heterocycles. The smallest absolute Gasteiger partial charge is 1.00 e. The van der Waals surface area contributed by atoms with Crippen LogP contribution in [0.1, 0.15) is 14.3 Å². The van der Waals surface area contributed by atoms with Crippen molar-refractivity contribution in [2.24, 2.45) is 0 Å². The molecule has 4 nitrogen and oxygen atoms in total. The van der Waals surface area contributed by atoms with Gasteiger partial charge in [0.1, 0.15) is 0 Å². The third-order valence-corrected chi connectivity index (χ3v) is 0.737. The van der Waals surface area contributed by atoms with Gasteiger partial charge in [0.05, 0.1) is 25.0 Å². The van der Waals surface area contributed by atoms with E-state index in [1.54, 1.807) is 6.07 Å². The molecule has 0 aromatic rings. The molecule has 10 heavy (non-hydrogen) atoms. The molecule has 0 rings (SSSR count). The summed E-state index contributed by atoms with van der Waals surface area (Å²) < 4.78 is 0. The van der Waals surface area contributed by atoms with Crippen LogP contribution in [0.15, 0.2) is 0 Å². The van der Waals surface area contributed by atoms with Crippen molar-refractivity contribution in [3.63, 3.8) is 0 Å². The maximum Gasteiger partial charge on any atom is 1.00 e. The number of aliphatic hydroxyl groups is 1. The van der Waals surface area contributed by atoms with E-state index in [1.807, 2.05) is 0 Å². The summed E-state index contributed by atoms with van der Waals surface area (Å²) in [4.78, 5) is 9.82. The SMILES string of the molecule is N#CCC(O)CC(=O)O.[H-].[K+]. The van der Waals surface area contributed by atoms with Crippen LogP contribution in [0.25, 0.3) is 0 Å². The molecule has 0 fully saturated rings. The largest absolute Gasteiger partial charge is 1.00 e. The van der Waals surface area contributed by atoms with Crippen LogP contribution in [-0.4, -0.2) is 22.3 Å². The Hall–Kier alpha value is 0.556. The van der Waals surface area contributed by atoms with Gasteiger partial charge in [0, 0.05) is 0 Å². The van der Waals surface area contributed by atoms with Crippen LogP contribution < -0.4 is 51.4 Å². The van der Waals surface area contributed by atoms with Crippen molar-refractivity contribution in [2.75, 3.05) is 0 Å². The van der Waals surface area contributed by atoms with Gasteiger partial charge in [-0.25, -0.2) is 0 Å². The van der Waals surface area contributed by atoms with E-state index in [4.69, 9.17) is 15.5 Å². The Morgan fingerprint density at radius 2 is 2.30 bits per heavy atom. The predicted molar refractivity (Wildman–Crippen MR) is 29.6 cm³/mol. The maximum absolute atomic E-state index is 9.82. The van der Waals surface area contributed by atoms with Gasteiger partial charge in [0.15, 0.2) is 0 Å². The summed E-state index contributed by atoms with van der Waals surface area (Å²) in [6, 6.07) is 1.66. The second kappa shape index (κ2) is 7.66. The van der Waals surface area contributed by atoms with Crippen molar-refractivity contribution < 1.29 is 67.8 Å². The summed E-state index contributed by atoms with van der Waals surface area (Å²) in [5.41, 5.74) is 0. The van der Waals surface area contributed by atoms with Gasteiger partial charge in [-0.2, -0.15) is 5.26 Å². The first-order valence-corrected chi connectivity index (χ1v) is 2.43. The van der Waals surface area contributed by atoms with Crippen molar-refractivity contribution in [2.45, 2.75) is 18.9 Å². The minimum absolute atomic E-state index is 0. The van der Waals surface area contributed by atoms with E-state index < -0.39 is 12.1 Å². The van der Waals surface area contributed by atoms with Gasteiger partial charge in [0.2, 0.25) is 0 Å². The molecule has 0 heterocycles. The summed E-state index contributed by atoms with van der Waals surface area (Å²) in [5.74, 6) is -1.09. The van der Waals surface area contributed by atoms with E-state index >= 15 is 0 Å². The Balaban J connectivity index is -0.000000320. The zero-order chi connectivity index (χ0) is 7.28. The predicted octanol–water partition coefficient (Wildman–Crippen LogP) is -3.15. The first-order valence-electron chi connectivity index (χ1n) is 2.43. The van der Waals surface area contributed by atoms with Crippen LogP contribution in [0.4, 0.5) is 0 Å². The molecule has 2 N–H and O–H groups in total. The van der Waals surface area contributed by atoms with E-state index in [0.29, 0.717) is 0 Å². The standard InChI is InChI=1S/C5H7NO3.K.H/c6-2-1-4(7)3-5(8)9;;/h4,7H,1,3H2,(H,8,9);;/q;+1;-1. The van der Waals surface area contributed by atoms with Crippen LogP contribution >= 0.6 is 0 Å². The molecule has 1 atom stereocenters. The van der Waals surface area contributed by atoms with Crippen molar-refractivity contribution in [3.8, 4) is 6.07 Å². The van der Waals surface area contributed by atoms with Crippen molar-refractivity contribution in [3.05, 3.63) is 0 Å². The van der Waals surface area contributed by atoms with Gasteiger partial charge in [-0.3, -0.25) is 4.79 Å². The summed E-state index contributed by atoms with van der Waals surface area (Å²) in [6.45, 7) is 0. The van der Waals surface area contributed by atoms with E-state index in [-0.39, 0.29) is 65.7 Å². The molecule has 0 aliphatic heterocycles. The number of aliphatic hydroxyl groups excluding tert-OH is 1. The summed E-state index contributed by atoms with van der Waals surface area (Å²) >= 11 is 0. The molecule has 0 spiro atoms. The quantitative estimate of drug-likeness (QED) is 0.437. The van der Waals surface area contributed by atoms with E-state index in [9.17, 15) is 4.79 Å². The number of nitrogens with zero attached hydrogens (tertiary/aromatic N) is 1. The van der Waals surface area contributed by atoms with Crippen molar-refractivity contribution in [1.82, 2.24) is 0 Å². The number of aliphatic carboxylic acids is 1. The number of hydrogen-bond donors (Lipinski definition) is 2. The molecular formula is C5H8KNO3. The maximum atomic E-state index is 9.82. The Morgan fingerprint density at radius 3 is 2.60 bits per heavy atom. The number of carbonyl (C=O) groups is 1. The van der Waals surface area contributed by atoms with Crippen LogP contribution in [0, 0.1) is 11.3 Å². The van der Waals surface area contributed by atoms with E-state index in [0.717, 1.165) is 0 Å². The number of carboxylic acids is 1. The first kappa shape index (κ1) is 13.2. The van der Waals surface area contributed by atoms with Crippen molar-refractivity contribution in [1.29, 1.82) is 5.26 Å². The Kier molecular flexibility index (Phi) is 10.1. The topological polar surface area (TPSA) is 81.3 Å². The average Bonchev–Trinajstić information content (AvgIpc) is 1.63. The van der Waals surface area contributed by atoms with Crippen LogP contribution in [-0.2, 0) is 4.79 Å². The molecular weight excluding hydrogens is 161 g/mol. The van der Waals surface area contributed by atoms with E-state index in [1.165, 1.54) is 0 Å². The average molecular weight is 169 g/mol. The van der Waals surface area contributed by atoms with Gasteiger partial charge in [0.25, 0.3) is 0 Å². The van der Waals surface area contributed by atoms with Crippen LogP contribution in [0.5, 0.6) is 0 Å². The summed E-state index contributed by atoms with van der Waals surface area (Å²) in [7, 11) is 0. The number of nitriles is 1. The van der Waals surface area contributed by atoms with Gasteiger partial charge in [-0.05, 0) is 0 Å². The molecule has 0 aromatic carbocycles. The Bertz CT molecular complexity index is 147. The van der Waals surface area contributed by atoms with Crippen molar-refractivity contribution >= 4 is 5.97 Å². The molecule has 0 bridgehead atoms. The summed E-state index contributed by atoms with van der Waals surface area (Å²) in [6.07, 6.45) is -1.49. The van der Waals surface area contributed by atoms with Crippen LogP contribution in [0.2, 0.25) is 0 Å². The second-order valence-corrected chi connectivity index (χ2v) is 1.61. The summed E-state index contributed by atoms with van der Waals surface area (Å²) in [5, 5.41) is 24.6. The first-order chi connectivity index (χ1) is 4.16. The normalized spacial score (nSPS) is 10.8. The molecule has 1 unspecified atom stereocenters. The third-order valence-electron chi connectivity index (χ3n) is 0.737. The molecule has 0 saturated heterocycles. The van der Waals surface area contributed by atoms with Gasteiger partial charge in [-0.1, -0.05) is 0 Å². The zero-order valence-corrected chi connectivity index (χ0v) is 8.86. The molecule has 0 aliphatic carbocycles. The number of rotatable bonds is 3. The minimum atomic E-state index is -1.09.